The van der Waals surface area contributed by atoms with Gasteiger partial charge in [-0.05, 0) is 43.4 Å². The number of aromatic nitrogens is 1. The highest BCUT2D eigenvalue weighted by atomic mass is 35.5. The van der Waals surface area contributed by atoms with Gasteiger partial charge in [0.15, 0.2) is 0 Å². The molecule has 0 unspecified atom stereocenters. The van der Waals surface area contributed by atoms with Crippen molar-refractivity contribution >= 4 is 40.8 Å². The Kier molecular flexibility index (Phi) is 8.47. The molecule has 1 aromatic carbocycles. The number of methoxy groups -OCH3 is 1. The molecule has 33 heavy (non-hydrogen) atoms. The summed E-state index contributed by atoms with van der Waals surface area (Å²) in [6.45, 7) is 3.73. The van der Waals surface area contributed by atoms with Crippen LogP contribution < -0.4 is 9.64 Å². The monoisotopic (exact) mass is 492 g/mol. The summed E-state index contributed by atoms with van der Waals surface area (Å²) in [7, 11) is 1.27. The Morgan fingerprint density at radius 2 is 1.94 bits per heavy atom. The number of halogens is 3. The molecule has 0 atom stereocenters. The second-order valence-electron chi connectivity index (χ2n) is 7.37. The van der Waals surface area contributed by atoms with Crippen LogP contribution in [-0.2, 0) is 20.9 Å². The number of hydrogen-bond acceptors (Lipinski definition) is 5. The Morgan fingerprint density at radius 1 is 1.21 bits per heavy atom. The van der Waals surface area contributed by atoms with Crippen molar-refractivity contribution in [3.8, 4) is 5.75 Å². The van der Waals surface area contributed by atoms with Crippen molar-refractivity contribution in [3.63, 3.8) is 0 Å². The number of esters is 1. The van der Waals surface area contributed by atoms with Gasteiger partial charge in [-0.2, -0.15) is 0 Å². The molecular weight excluding hydrogens is 470 g/mol. The second kappa shape index (κ2) is 11.3. The number of anilines is 1. The molecule has 0 radical (unpaired) electrons. The molecule has 9 heteroatoms. The zero-order valence-corrected chi connectivity index (χ0v) is 19.6. The minimum absolute atomic E-state index is 0.0135. The smallest absolute Gasteiger partial charge is 0.334 e. The van der Waals surface area contributed by atoms with Gasteiger partial charge in [0, 0.05) is 23.4 Å². The van der Waals surface area contributed by atoms with E-state index < -0.39 is 17.7 Å². The Hall–Kier alpha value is -2.90. The Morgan fingerprint density at radius 3 is 2.58 bits per heavy atom. The maximum atomic E-state index is 15.1. The SMILES string of the molecule is C=CCOc1cc(N(Cc2ccc(Cl)nc2)C(=O)C2=C(C(=O)OC)CCCC2)c(F)cc1Cl. The first-order valence-electron chi connectivity index (χ1n) is 10.3. The molecular formula is C24H23Cl2FN2O4. The van der Waals surface area contributed by atoms with Crippen LogP contribution in [0.25, 0.3) is 0 Å². The summed E-state index contributed by atoms with van der Waals surface area (Å²) in [5, 5.41) is 0.350. The van der Waals surface area contributed by atoms with Crippen molar-refractivity contribution in [3.05, 3.63) is 75.8 Å². The molecule has 0 saturated carbocycles. The molecule has 0 saturated heterocycles. The van der Waals surface area contributed by atoms with Crippen LogP contribution >= 0.6 is 23.2 Å². The lowest BCUT2D eigenvalue weighted by Crippen LogP contribution is -2.34. The van der Waals surface area contributed by atoms with E-state index in [-0.39, 0.29) is 34.8 Å². The number of carbonyl (C=O) groups excluding carboxylic acids is 2. The average Bonchev–Trinajstić information content (AvgIpc) is 2.82. The van der Waals surface area contributed by atoms with Crippen molar-refractivity contribution in [1.82, 2.24) is 4.98 Å². The highest BCUT2D eigenvalue weighted by molar-refractivity contribution is 6.32. The molecule has 1 aliphatic rings. The van der Waals surface area contributed by atoms with Gasteiger partial charge in [0.1, 0.15) is 23.3 Å². The molecule has 0 aliphatic heterocycles. The minimum Gasteiger partial charge on any atom is -0.488 e. The van der Waals surface area contributed by atoms with Crippen LogP contribution in [0, 0.1) is 5.82 Å². The summed E-state index contributed by atoms with van der Waals surface area (Å²) < 4.78 is 25.5. The predicted octanol–water partition coefficient (Wildman–Crippen LogP) is 5.67. The lowest BCUT2D eigenvalue weighted by atomic mass is 9.90. The van der Waals surface area contributed by atoms with Crippen LogP contribution in [0.15, 0.2) is 54.3 Å². The van der Waals surface area contributed by atoms with Crippen LogP contribution in [-0.4, -0.2) is 30.6 Å². The fourth-order valence-electron chi connectivity index (χ4n) is 3.59. The van der Waals surface area contributed by atoms with E-state index in [1.165, 1.54) is 30.3 Å². The first kappa shape index (κ1) is 24.7. The number of carbonyl (C=O) groups is 2. The maximum Gasteiger partial charge on any atom is 0.334 e. The molecule has 1 heterocycles. The lowest BCUT2D eigenvalue weighted by molar-refractivity contribution is -0.136. The van der Waals surface area contributed by atoms with E-state index in [9.17, 15) is 9.59 Å². The molecule has 0 fully saturated rings. The molecule has 1 aromatic heterocycles. The normalized spacial score (nSPS) is 13.5. The standard InChI is InChI=1S/C24H23Cl2FN2O4/c1-3-10-33-21-12-20(19(27)11-18(21)25)29(14-15-8-9-22(26)28-13-15)23(30)16-6-4-5-7-17(16)24(31)32-2/h3,8-9,11-13H,1,4-7,10,14H2,2H3. The van der Waals surface area contributed by atoms with Gasteiger partial charge in [-0.3, -0.25) is 4.79 Å². The molecule has 3 rings (SSSR count). The lowest BCUT2D eigenvalue weighted by Gasteiger charge is -2.28. The predicted molar refractivity (Wildman–Crippen MR) is 125 cm³/mol. The zero-order valence-electron chi connectivity index (χ0n) is 18.1. The molecule has 0 spiro atoms. The van der Waals surface area contributed by atoms with E-state index in [1.54, 1.807) is 12.1 Å². The Balaban J connectivity index is 2.11. The van der Waals surface area contributed by atoms with Crippen LogP contribution in [0.3, 0.4) is 0 Å². The fraction of sp³-hybridized carbons (Fsp3) is 0.292. The Bertz CT molecular complexity index is 1090. The van der Waals surface area contributed by atoms with E-state index in [2.05, 4.69) is 11.6 Å². The zero-order chi connectivity index (χ0) is 24.0. The summed E-state index contributed by atoms with van der Waals surface area (Å²) in [5.41, 5.74) is 1.19. The summed E-state index contributed by atoms with van der Waals surface area (Å²) in [4.78, 5) is 31.3. The summed E-state index contributed by atoms with van der Waals surface area (Å²) >= 11 is 12.0. The number of pyridine rings is 1. The summed E-state index contributed by atoms with van der Waals surface area (Å²) in [6, 6.07) is 5.72. The van der Waals surface area contributed by atoms with Crippen LogP contribution in [0.4, 0.5) is 10.1 Å². The molecule has 0 N–H and O–H groups in total. The van der Waals surface area contributed by atoms with Gasteiger partial charge in [0.25, 0.3) is 5.91 Å². The van der Waals surface area contributed by atoms with E-state index in [1.807, 2.05) is 0 Å². The molecule has 2 aromatic rings. The first-order chi connectivity index (χ1) is 15.8. The first-order valence-corrected chi connectivity index (χ1v) is 11.1. The van der Waals surface area contributed by atoms with E-state index in [0.717, 1.165) is 18.9 Å². The number of benzene rings is 1. The van der Waals surface area contributed by atoms with Crippen molar-refractivity contribution in [2.24, 2.45) is 0 Å². The van der Waals surface area contributed by atoms with Gasteiger partial charge in [-0.15, -0.1) is 0 Å². The van der Waals surface area contributed by atoms with E-state index >= 15 is 4.39 Å². The number of rotatable bonds is 8. The van der Waals surface area contributed by atoms with Crippen molar-refractivity contribution < 1.29 is 23.5 Å². The average molecular weight is 493 g/mol. The molecule has 0 bridgehead atoms. The van der Waals surface area contributed by atoms with Crippen LogP contribution in [0.2, 0.25) is 10.2 Å². The quantitative estimate of drug-likeness (QED) is 0.269. The van der Waals surface area contributed by atoms with Gasteiger partial charge >= 0.3 is 5.97 Å². The van der Waals surface area contributed by atoms with Crippen LogP contribution in [0.5, 0.6) is 5.75 Å². The van der Waals surface area contributed by atoms with Gasteiger partial charge in [0.2, 0.25) is 0 Å². The second-order valence-corrected chi connectivity index (χ2v) is 8.16. The largest absolute Gasteiger partial charge is 0.488 e. The van der Waals surface area contributed by atoms with E-state index in [4.69, 9.17) is 32.7 Å². The van der Waals surface area contributed by atoms with Gasteiger partial charge in [0.05, 0.1) is 24.4 Å². The van der Waals surface area contributed by atoms with Crippen molar-refractivity contribution in [2.45, 2.75) is 32.2 Å². The van der Waals surface area contributed by atoms with Crippen molar-refractivity contribution in [1.29, 1.82) is 0 Å². The molecule has 1 aliphatic carbocycles. The number of amides is 1. The third-order valence-corrected chi connectivity index (χ3v) is 5.70. The third kappa shape index (κ3) is 5.92. The maximum absolute atomic E-state index is 15.1. The van der Waals surface area contributed by atoms with Gasteiger partial charge in [-0.1, -0.05) is 41.9 Å². The van der Waals surface area contributed by atoms with E-state index in [0.29, 0.717) is 29.6 Å². The summed E-state index contributed by atoms with van der Waals surface area (Å²) in [6.07, 6.45) is 5.32. The highest BCUT2D eigenvalue weighted by Crippen LogP contribution is 2.36. The highest BCUT2D eigenvalue weighted by Gasteiger charge is 2.30. The molecule has 174 valence electrons. The van der Waals surface area contributed by atoms with Crippen molar-refractivity contribution in [2.75, 3.05) is 18.6 Å². The molecule has 1 amide bonds. The number of ether oxygens (including phenoxy) is 2. The topological polar surface area (TPSA) is 68.7 Å². The Labute approximate surface area is 201 Å². The number of hydrogen-bond donors (Lipinski definition) is 0. The third-order valence-electron chi connectivity index (χ3n) is 5.18. The van der Waals surface area contributed by atoms with Crippen LogP contribution in [0.1, 0.15) is 31.2 Å². The van der Waals surface area contributed by atoms with Gasteiger partial charge in [-0.25, -0.2) is 14.2 Å². The minimum atomic E-state index is -0.711. The molecule has 6 nitrogen and oxygen atoms in total. The summed E-state index contributed by atoms with van der Waals surface area (Å²) in [5.74, 6) is -1.57. The van der Waals surface area contributed by atoms with Gasteiger partial charge < -0.3 is 14.4 Å². The fourth-order valence-corrected chi connectivity index (χ4v) is 3.90. The number of nitrogens with zero attached hydrogens (tertiary/aromatic N) is 2.